The van der Waals surface area contributed by atoms with E-state index in [9.17, 15) is 14.7 Å². The summed E-state index contributed by atoms with van der Waals surface area (Å²) in [6.45, 7) is 0. The Hall–Kier alpha value is -2.35. The molecular formula is C23H19ClN2O3S2. The average Bonchev–Trinajstić information content (AvgIpc) is 3.47. The van der Waals surface area contributed by atoms with E-state index in [1.807, 2.05) is 54.6 Å². The number of anilines is 1. The van der Waals surface area contributed by atoms with Crippen molar-refractivity contribution in [2.45, 2.75) is 16.5 Å². The van der Waals surface area contributed by atoms with Crippen LogP contribution < -0.4 is 5.32 Å². The number of nitrogens with one attached hydrogen (secondary N) is 1. The van der Waals surface area contributed by atoms with E-state index in [-0.39, 0.29) is 17.7 Å². The molecule has 0 unspecified atom stereocenters. The minimum absolute atomic E-state index is 0.00843. The van der Waals surface area contributed by atoms with Gasteiger partial charge in [-0.3, -0.25) is 9.59 Å². The highest BCUT2D eigenvalue weighted by Gasteiger charge is 2.51. The van der Waals surface area contributed by atoms with Gasteiger partial charge in [-0.25, -0.2) is 4.98 Å². The molecule has 1 saturated carbocycles. The van der Waals surface area contributed by atoms with Gasteiger partial charge in [0, 0.05) is 16.5 Å². The third kappa shape index (κ3) is 4.10. The quantitative estimate of drug-likeness (QED) is 0.356. The van der Waals surface area contributed by atoms with Crippen LogP contribution in [0.4, 0.5) is 5.69 Å². The molecule has 0 saturated heterocycles. The largest absolute Gasteiger partial charge is 0.481 e. The van der Waals surface area contributed by atoms with Gasteiger partial charge >= 0.3 is 5.97 Å². The van der Waals surface area contributed by atoms with Gasteiger partial charge in [0.25, 0.3) is 0 Å². The van der Waals surface area contributed by atoms with Crippen molar-refractivity contribution in [2.24, 2.45) is 23.7 Å². The summed E-state index contributed by atoms with van der Waals surface area (Å²) in [5, 5.41) is 13.2. The first-order valence-electron chi connectivity index (χ1n) is 9.98. The summed E-state index contributed by atoms with van der Waals surface area (Å²) >= 11 is 9.18. The number of hydrogen-bond donors (Lipinski definition) is 2. The molecule has 0 spiro atoms. The minimum atomic E-state index is -0.891. The van der Waals surface area contributed by atoms with Crippen molar-refractivity contribution in [2.75, 3.05) is 5.32 Å². The lowest BCUT2D eigenvalue weighted by Crippen LogP contribution is -2.36. The molecule has 1 amide bonds. The van der Waals surface area contributed by atoms with Crippen LogP contribution >= 0.6 is 34.7 Å². The zero-order chi connectivity index (χ0) is 21.5. The topological polar surface area (TPSA) is 79.3 Å². The van der Waals surface area contributed by atoms with Crippen LogP contribution in [0.3, 0.4) is 0 Å². The number of thiazole rings is 1. The lowest BCUT2D eigenvalue weighted by atomic mass is 9.82. The number of carbonyl (C=O) groups is 2. The molecule has 1 aromatic heterocycles. The van der Waals surface area contributed by atoms with E-state index in [4.69, 9.17) is 11.6 Å². The number of aliphatic carboxylic acids is 1. The number of benzene rings is 2. The van der Waals surface area contributed by atoms with Crippen molar-refractivity contribution < 1.29 is 14.7 Å². The Labute approximate surface area is 192 Å². The number of allylic oxidation sites excluding steroid dienone is 2. The van der Waals surface area contributed by atoms with Gasteiger partial charge in [0.2, 0.25) is 5.91 Å². The number of carboxylic acids is 1. The Morgan fingerprint density at radius 2 is 1.87 bits per heavy atom. The summed E-state index contributed by atoms with van der Waals surface area (Å²) in [6, 6.07) is 13.4. The molecule has 1 fully saturated rings. The summed E-state index contributed by atoms with van der Waals surface area (Å²) in [4.78, 5) is 29.3. The number of halogens is 1. The van der Waals surface area contributed by atoms with E-state index >= 15 is 0 Å². The van der Waals surface area contributed by atoms with Crippen molar-refractivity contribution in [3.05, 3.63) is 65.2 Å². The second kappa shape index (κ2) is 8.30. The molecule has 5 rings (SSSR count). The van der Waals surface area contributed by atoms with E-state index in [2.05, 4.69) is 10.3 Å². The summed E-state index contributed by atoms with van der Waals surface area (Å²) in [6.07, 6.45) is 4.68. The maximum Gasteiger partial charge on any atom is 0.307 e. The molecule has 3 aromatic rings. The summed E-state index contributed by atoms with van der Waals surface area (Å²) in [5.74, 6) is -1.50. The van der Waals surface area contributed by atoms with Gasteiger partial charge in [-0.15, -0.1) is 11.3 Å². The molecule has 2 N–H and O–H groups in total. The number of aromatic nitrogens is 1. The highest BCUT2D eigenvalue weighted by molar-refractivity contribution is 8.00. The first-order chi connectivity index (χ1) is 15.0. The molecule has 31 heavy (non-hydrogen) atoms. The van der Waals surface area contributed by atoms with Gasteiger partial charge in [0.05, 0.1) is 22.1 Å². The van der Waals surface area contributed by atoms with Crippen molar-refractivity contribution in [1.82, 2.24) is 4.98 Å². The first kappa shape index (κ1) is 20.5. The van der Waals surface area contributed by atoms with E-state index in [1.165, 1.54) is 5.56 Å². The number of fused-ring (bicyclic) bond motifs is 3. The van der Waals surface area contributed by atoms with Crippen LogP contribution in [0, 0.1) is 23.7 Å². The first-order valence-corrected chi connectivity index (χ1v) is 12.2. The lowest BCUT2D eigenvalue weighted by Gasteiger charge is -2.23. The fourth-order valence-electron chi connectivity index (χ4n) is 4.51. The smallest absolute Gasteiger partial charge is 0.307 e. The normalized spacial score (nSPS) is 24.0. The van der Waals surface area contributed by atoms with E-state index in [1.54, 1.807) is 23.1 Å². The number of nitrogens with zero attached hydrogens (tertiary/aromatic N) is 1. The van der Waals surface area contributed by atoms with Crippen LogP contribution in [0.2, 0.25) is 5.02 Å². The molecular weight excluding hydrogens is 452 g/mol. The monoisotopic (exact) mass is 470 g/mol. The molecule has 2 aromatic carbocycles. The number of carboxylic acid groups (broad SMARTS) is 1. The Balaban J connectivity index is 1.29. The van der Waals surface area contributed by atoms with Crippen LogP contribution in [-0.4, -0.2) is 22.0 Å². The maximum atomic E-state index is 12.9. The van der Waals surface area contributed by atoms with Gasteiger partial charge in [-0.1, -0.05) is 47.6 Å². The second-order valence-electron chi connectivity index (χ2n) is 7.90. The Kier molecular flexibility index (Phi) is 5.50. The van der Waals surface area contributed by atoms with Gasteiger partial charge in [0.15, 0.2) is 4.34 Å². The molecule has 0 radical (unpaired) electrons. The van der Waals surface area contributed by atoms with Gasteiger partial charge < -0.3 is 10.4 Å². The number of carbonyl (C=O) groups excluding carboxylic acids is 1. The minimum Gasteiger partial charge on any atom is -0.481 e. The van der Waals surface area contributed by atoms with Gasteiger partial charge in [-0.2, -0.15) is 0 Å². The summed E-state index contributed by atoms with van der Waals surface area (Å²) in [7, 11) is 0. The Morgan fingerprint density at radius 3 is 2.61 bits per heavy atom. The molecule has 1 heterocycles. The van der Waals surface area contributed by atoms with E-state index in [0.717, 1.165) is 31.8 Å². The third-order valence-corrected chi connectivity index (χ3v) is 8.44. The number of rotatable bonds is 6. The Bertz CT molecular complexity index is 1190. The average molecular weight is 471 g/mol. The SMILES string of the molecule is O=C(Nc1ccc2nc(SCc3ccc(Cl)cc3)sc2c1)[C@@H]1[C@H](C(=O)O)[C@H]2C=C[C@H]1C2. The van der Waals surface area contributed by atoms with Crippen molar-refractivity contribution in [1.29, 1.82) is 0 Å². The third-order valence-electron chi connectivity index (χ3n) is 5.96. The van der Waals surface area contributed by atoms with Crippen LogP contribution in [0.15, 0.2) is 59.0 Å². The van der Waals surface area contributed by atoms with Crippen molar-refractivity contribution in [3.8, 4) is 0 Å². The number of hydrogen-bond acceptors (Lipinski definition) is 5. The van der Waals surface area contributed by atoms with Crippen LogP contribution in [0.1, 0.15) is 12.0 Å². The Morgan fingerprint density at radius 1 is 1.13 bits per heavy atom. The predicted molar refractivity (Wildman–Crippen MR) is 125 cm³/mol. The molecule has 2 bridgehead atoms. The highest BCUT2D eigenvalue weighted by atomic mass is 35.5. The molecule has 2 aliphatic carbocycles. The zero-order valence-corrected chi connectivity index (χ0v) is 18.7. The molecule has 4 atom stereocenters. The van der Waals surface area contributed by atoms with E-state index < -0.39 is 17.8 Å². The fourth-order valence-corrected chi connectivity index (χ4v) is 6.70. The standard InChI is InChI=1S/C23H19ClN2O3S2/c24-15-5-1-12(2-6-15)11-30-23-26-17-8-7-16(10-18(17)31-23)25-21(27)19-13-3-4-14(9-13)20(19)22(28)29/h1-8,10,13-14,19-20H,9,11H2,(H,25,27)(H,28,29)/t13-,14-,19-,20+/m0/s1. The molecule has 158 valence electrons. The van der Waals surface area contributed by atoms with Crippen LogP contribution in [0.25, 0.3) is 10.2 Å². The predicted octanol–water partition coefficient (Wildman–Crippen LogP) is 5.70. The highest BCUT2D eigenvalue weighted by Crippen LogP contribution is 2.48. The van der Waals surface area contributed by atoms with Crippen molar-refractivity contribution >= 4 is 62.5 Å². The zero-order valence-electron chi connectivity index (χ0n) is 16.3. The summed E-state index contributed by atoms with van der Waals surface area (Å²) in [5.41, 5.74) is 2.73. The fraction of sp³-hybridized carbons (Fsp3) is 0.261. The van der Waals surface area contributed by atoms with Crippen molar-refractivity contribution in [3.63, 3.8) is 0 Å². The lowest BCUT2D eigenvalue weighted by molar-refractivity contribution is -0.146. The number of amides is 1. The second-order valence-corrected chi connectivity index (χ2v) is 10.6. The van der Waals surface area contributed by atoms with E-state index in [0.29, 0.717) is 5.69 Å². The maximum absolute atomic E-state index is 12.9. The number of thioether (sulfide) groups is 1. The molecule has 2 aliphatic rings. The van der Waals surface area contributed by atoms with Gasteiger partial charge in [0.1, 0.15) is 0 Å². The molecule has 5 nitrogen and oxygen atoms in total. The van der Waals surface area contributed by atoms with Gasteiger partial charge in [-0.05, 0) is 54.2 Å². The summed E-state index contributed by atoms with van der Waals surface area (Å²) < 4.78 is 1.94. The van der Waals surface area contributed by atoms with Crippen LogP contribution in [0.5, 0.6) is 0 Å². The molecule has 0 aliphatic heterocycles. The molecule has 8 heteroatoms. The van der Waals surface area contributed by atoms with Crippen LogP contribution in [-0.2, 0) is 15.3 Å².